The number of nitrogens with zero attached hydrogens (tertiary/aromatic N) is 1. The maximum absolute atomic E-state index is 12.2. The SMILES string of the molecule is CCC(CC)CN1C(=O)C(C(C)C)NC1C. The van der Waals surface area contributed by atoms with E-state index in [0.717, 1.165) is 19.4 Å². The summed E-state index contributed by atoms with van der Waals surface area (Å²) in [5.74, 6) is 1.30. The molecule has 2 unspecified atom stereocenters. The number of amides is 1. The average Bonchev–Trinajstić information content (AvgIpc) is 2.52. The van der Waals surface area contributed by atoms with Crippen molar-refractivity contribution >= 4 is 5.91 Å². The Morgan fingerprint density at radius 3 is 2.25 bits per heavy atom. The molecule has 1 aliphatic heterocycles. The minimum atomic E-state index is 0.0179. The third-order valence-electron chi connectivity index (χ3n) is 3.71. The van der Waals surface area contributed by atoms with Crippen LogP contribution in [0.2, 0.25) is 0 Å². The molecule has 0 aromatic carbocycles. The Morgan fingerprint density at radius 1 is 1.31 bits per heavy atom. The largest absolute Gasteiger partial charge is 0.326 e. The van der Waals surface area contributed by atoms with Gasteiger partial charge in [-0.15, -0.1) is 0 Å². The minimum Gasteiger partial charge on any atom is -0.326 e. The number of nitrogens with one attached hydrogen (secondary N) is 1. The summed E-state index contributed by atoms with van der Waals surface area (Å²) >= 11 is 0. The smallest absolute Gasteiger partial charge is 0.241 e. The molecule has 1 amide bonds. The predicted molar refractivity (Wildman–Crippen MR) is 67.0 cm³/mol. The molecule has 3 heteroatoms. The predicted octanol–water partition coefficient (Wildman–Crippen LogP) is 2.22. The van der Waals surface area contributed by atoms with Crippen LogP contribution in [0.25, 0.3) is 0 Å². The van der Waals surface area contributed by atoms with E-state index < -0.39 is 0 Å². The van der Waals surface area contributed by atoms with Gasteiger partial charge in [-0.25, -0.2) is 0 Å². The van der Waals surface area contributed by atoms with Gasteiger partial charge in [0.2, 0.25) is 5.91 Å². The van der Waals surface area contributed by atoms with E-state index in [0.29, 0.717) is 11.8 Å². The molecule has 0 bridgehead atoms. The number of rotatable bonds is 5. The van der Waals surface area contributed by atoms with Crippen molar-refractivity contribution < 1.29 is 4.79 Å². The lowest BCUT2D eigenvalue weighted by atomic mass is 10.0. The van der Waals surface area contributed by atoms with Gasteiger partial charge in [-0.3, -0.25) is 10.1 Å². The Kier molecular flexibility index (Phi) is 4.78. The lowest BCUT2D eigenvalue weighted by molar-refractivity contribution is -0.131. The van der Waals surface area contributed by atoms with Crippen LogP contribution in [0.1, 0.15) is 47.5 Å². The molecule has 2 atom stereocenters. The van der Waals surface area contributed by atoms with Crippen LogP contribution in [0, 0.1) is 11.8 Å². The van der Waals surface area contributed by atoms with Crippen molar-refractivity contribution in [3.05, 3.63) is 0 Å². The molecule has 1 heterocycles. The maximum atomic E-state index is 12.2. The fourth-order valence-corrected chi connectivity index (χ4v) is 2.34. The third kappa shape index (κ3) is 2.76. The van der Waals surface area contributed by atoms with E-state index in [2.05, 4.69) is 39.9 Å². The van der Waals surface area contributed by atoms with E-state index in [9.17, 15) is 4.79 Å². The summed E-state index contributed by atoms with van der Waals surface area (Å²) in [5, 5.41) is 3.38. The number of hydrogen-bond donors (Lipinski definition) is 1. The van der Waals surface area contributed by atoms with Crippen molar-refractivity contribution in [2.75, 3.05) is 6.54 Å². The van der Waals surface area contributed by atoms with Gasteiger partial charge >= 0.3 is 0 Å². The zero-order valence-electron chi connectivity index (χ0n) is 11.3. The first kappa shape index (κ1) is 13.5. The van der Waals surface area contributed by atoms with Gasteiger partial charge in [0.1, 0.15) is 0 Å². The van der Waals surface area contributed by atoms with E-state index in [1.165, 1.54) is 0 Å². The highest BCUT2D eigenvalue weighted by Crippen LogP contribution is 2.20. The number of hydrogen-bond acceptors (Lipinski definition) is 2. The van der Waals surface area contributed by atoms with Gasteiger partial charge < -0.3 is 4.90 Å². The van der Waals surface area contributed by atoms with Gasteiger partial charge in [0.25, 0.3) is 0 Å². The summed E-state index contributed by atoms with van der Waals surface area (Å²) in [7, 11) is 0. The first-order valence-corrected chi connectivity index (χ1v) is 6.57. The molecule has 0 saturated carbocycles. The van der Waals surface area contributed by atoms with Crippen LogP contribution in [0.5, 0.6) is 0 Å². The van der Waals surface area contributed by atoms with E-state index in [4.69, 9.17) is 0 Å². The van der Waals surface area contributed by atoms with Crippen molar-refractivity contribution in [3.63, 3.8) is 0 Å². The zero-order valence-corrected chi connectivity index (χ0v) is 11.3. The van der Waals surface area contributed by atoms with Crippen molar-refractivity contribution in [1.29, 1.82) is 0 Å². The molecule has 3 nitrogen and oxygen atoms in total. The molecule has 0 aliphatic carbocycles. The second-order valence-corrected chi connectivity index (χ2v) is 5.24. The van der Waals surface area contributed by atoms with Crippen molar-refractivity contribution in [1.82, 2.24) is 10.2 Å². The average molecular weight is 226 g/mol. The standard InChI is InChI=1S/C13H26N2O/c1-6-11(7-2)8-15-10(5)14-12(9(3)4)13(15)16/h9-12,14H,6-8H2,1-5H3. The maximum Gasteiger partial charge on any atom is 0.241 e. The highest BCUT2D eigenvalue weighted by atomic mass is 16.2. The van der Waals surface area contributed by atoms with Gasteiger partial charge in [-0.1, -0.05) is 40.5 Å². The van der Waals surface area contributed by atoms with Crippen molar-refractivity contribution in [3.8, 4) is 0 Å². The monoisotopic (exact) mass is 226 g/mol. The summed E-state index contributed by atoms with van der Waals surface area (Å²) in [5.41, 5.74) is 0. The summed E-state index contributed by atoms with van der Waals surface area (Å²) in [6.07, 6.45) is 2.50. The lowest BCUT2D eigenvalue weighted by Crippen LogP contribution is -2.38. The van der Waals surface area contributed by atoms with Crippen LogP contribution in [0.15, 0.2) is 0 Å². The molecule has 1 rings (SSSR count). The third-order valence-corrected chi connectivity index (χ3v) is 3.71. The Morgan fingerprint density at radius 2 is 1.88 bits per heavy atom. The highest BCUT2D eigenvalue weighted by Gasteiger charge is 2.38. The normalized spacial score (nSPS) is 26.2. The molecule has 1 aliphatic rings. The Bertz CT molecular complexity index is 236. The fourth-order valence-electron chi connectivity index (χ4n) is 2.34. The van der Waals surface area contributed by atoms with Gasteiger partial charge in [-0.2, -0.15) is 0 Å². The Balaban J connectivity index is 2.63. The van der Waals surface area contributed by atoms with Gasteiger partial charge in [0.15, 0.2) is 0 Å². The van der Waals surface area contributed by atoms with Crippen molar-refractivity contribution in [2.24, 2.45) is 11.8 Å². The summed E-state index contributed by atoms with van der Waals surface area (Å²) < 4.78 is 0. The second kappa shape index (κ2) is 5.67. The first-order valence-electron chi connectivity index (χ1n) is 6.57. The van der Waals surface area contributed by atoms with E-state index >= 15 is 0 Å². The summed E-state index contributed by atoms with van der Waals surface area (Å²) in [4.78, 5) is 14.2. The summed E-state index contributed by atoms with van der Waals surface area (Å²) in [6.45, 7) is 11.6. The van der Waals surface area contributed by atoms with Crippen molar-refractivity contribution in [2.45, 2.75) is 59.7 Å². The molecule has 1 fully saturated rings. The van der Waals surface area contributed by atoms with Crippen LogP contribution in [-0.4, -0.2) is 29.6 Å². The van der Waals surface area contributed by atoms with Crippen LogP contribution in [-0.2, 0) is 4.79 Å². The Hall–Kier alpha value is -0.570. The van der Waals surface area contributed by atoms with E-state index in [1.54, 1.807) is 0 Å². The molecule has 0 aromatic rings. The van der Waals surface area contributed by atoms with Gasteiger partial charge in [0.05, 0.1) is 12.2 Å². The minimum absolute atomic E-state index is 0.0179. The molecule has 16 heavy (non-hydrogen) atoms. The molecule has 1 saturated heterocycles. The second-order valence-electron chi connectivity index (χ2n) is 5.24. The van der Waals surface area contributed by atoms with Crippen LogP contribution in [0.3, 0.4) is 0 Å². The molecule has 0 radical (unpaired) electrons. The molecular weight excluding hydrogens is 200 g/mol. The van der Waals surface area contributed by atoms with E-state index in [-0.39, 0.29) is 18.1 Å². The topological polar surface area (TPSA) is 32.3 Å². The molecule has 94 valence electrons. The molecule has 1 N–H and O–H groups in total. The number of carbonyl (C=O) groups excluding carboxylic acids is 1. The van der Waals surface area contributed by atoms with Crippen LogP contribution in [0.4, 0.5) is 0 Å². The fraction of sp³-hybridized carbons (Fsp3) is 0.923. The number of carbonyl (C=O) groups is 1. The van der Waals surface area contributed by atoms with E-state index in [1.807, 2.05) is 4.90 Å². The Labute approximate surface area is 99.6 Å². The molecule has 0 aromatic heterocycles. The highest BCUT2D eigenvalue weighted by molar-refractivity contribution is 5.84. The van der Waals surface area contributed by atoms with Gasteiger partial charge in [0, 0.05) is 6.54 Å². The zero-order chi connectivity index (χ0) is 12.3. The van der Waals surface area contributed by atoms with Gasteiger partial charge in [-0.05, 0) is 18.8 Å². The lowest BCUT2D eigenvalue weighted by Gasteiger charge is -2.25. The van der Waals surface area contributed by atoms with Crippen LogP contribution >= 0.6 is 0 Å². The first-order chi connectivity index (χ1) is 7.51. The molecule has 0 spiro atoms. The summed E-state index contributed by atoms with van der Waals surface area (Å²) in [6, 6.07) is 0.0179. The van der Waals surface area contributed by atoms with Crippen LogP contribution < -0.4 is 5.32 Å². The molecular formula is C13H26N2O. The quantitative estimate of drug-likeness (QED) is 0.779.